The Morgan fingerprint density at radius 3 is 1.40 bits per heavy atom. The van der Waals surface area contributed by atoms with E-state index in [0.717, 1.165) is 57.8 Å². The second-order valence-corrected chi connectivity index (χ2v) is 13.8. The first kappa shape index (κ1) is 47.5. The lowest BCUT2D eigenvalue weighted by Crippen LogP contribution is -2.29. The summed E-state index contributed by atoms with van der Waals surface area (Å²) in [5.41, 5.74) is 0. The fraction of sp³-hybridized carbons (Fsp3) is 0.659. The molecule has 0 saturated carbocycles. The molecule has 0 radical (unpaired) electrons. The van der Waals surface area contributed by atoms with Crippen molar-refractivity contribution in [2.24, 2.45) is 0 Å². The zero-order chi connectivity index (χ0) is 36.8. The number of unbranched alkanes of at least 4 members (excludes halogenated alkanes) is 12. The van der Waals surface area contributed by atoms with Gasteiger partial charge in [0.1, 0.15) is 6.61 Å². The molecule has 0 aromatic rings. The zero-order valence-electron chi connectivity index (χ0n) is 31.3. The Kier molecular flexibility index (Phi) is 34.5. The Morgan fingerprint density at radius 1 is 0.520 bits per heavy atom. The Labute approximate surface area is 304 Å². The SMILES string of the molecule is CCCCC/C=C/C/C=C/C/C=C/C/C=C/CCCC(=O)O[C@H](COC(=O)CCCCCCC/C=C/C/C=C/CCCCC)COP(=O)(O)O. The molecule has 0 aliphatic rings. The molecule has 0 bridgehead atoms. The number of ether oxygens (including phenoxy) is 2. The molecule has 286 valence electrons. The van der Waals surface area contributed by atoms with Crippen LogP contribution in [0.4, 0.5) is 0 Å². The zero-order valence-corrected chi connectivity index (χ0v) is 32.2. The van der Waals surface area contributed by atoms with E-state index in [2.05, 4.69) is 85.2 Å². The van der Waals surface area contributed by atoms with Gasteiger partial charge in [-0.25, -0.2) is 4.57 Å². The largest absolute Gasteiger partial charge is 0.469 e. The number of hydrogen-bond acceptors (Lipinski definition) is 6. The van der Waals surface area contributed by atoms with Crippen LogP contribution < -0.4 is 0 Å². The van der Waals surface area contributed by atoms with Crippen LogP contribution in [0.1, 0.15) is 155 Å². The van der Waals surface area contributed by atoms with Crippen LogP contribution in [0.3, 0.4) is 0 Å². The summed E-state index contributed by atoms with van der Waals surface area (Å²) in [5.74, 6) is -0.974. The molecule has 0 amide bonds. The third kappa shape index (κ3) is 38.3. The fourth-order valence-corrected chi connectivity index (χ4v) is 5.17. The molecule has 0 unspecified atom stereocenters. The Bertz CT molecular complexity index is 1040. The van der Waals surface area contributed by atoms with Crippen LogP contribution in [-0.2, 0) is 28.2 Å². The Morgan fingerprint density at radius 2 is 0.920 bits per heavy atom. The monoisotopic (exact) mass is 720 g/mol. The lowest BCUT2D eigenvalue weighted by Gasteiger charge is -2.18. The van der Waals surface area contributed by atoms with E-state index in [1.807, 2.05) is 6.08 Å². The highest BCUT2D eigenvalue weighted by Crippen LogP contribution is 2.35. The van der Waals surface area contributed by atoms with Crippen LogP contribution in [0, 0.1) is 0 Å². The highest BCUT2D eigenvalue weighted by atomic mass is 31.2. The van der Waals surface area contributed by atoms with Crippen molar-refractivity contribution in [3.63, 3.8) is 0 Å². The number of esters is 2. The predicted molar refractivity (Wildman–Crippen MR) is 207 cm³/mol. The molecule has 0 aromatic carbocycles. The van der Waals surface area contributed by atoms with Crippen molar-refractivity contribution in [3.05, 3.63) is 72.9 Å². The molecule has 8 nitrogen and oxygen atoms in total. The summed E-state index contributed by atoms with van der Waals surface area (Å²) in [6.45, 7) is 3.55. The lowest BCUT2D eigenvalue weighted by atomic mass is 10.1. The van der Waals surface area contributed by atoms with Gasteiger partial charge in [0.2, 0.25) is 0 Å². The second kappa shape index (κ2) is 36.3. The molecule has 2 N–H and O–H groups in total. The van der Waals surface area contributed by atoms with Gasteiger partial charge >= 0.3 is 19.8 Å². The van der Waals surface area contributed by atoms with E-state index in [4.69, 9.17) is 19.3 Å². The van der Waals surface area contributed by atoms with Gasteiger partial charge in [0.15, 0.2) is 6.10 Å². The molecular formula is C41H69O8P. The number of rotatable bonds is 34. The van der Waals surface area contributed by atoms with Crippen molar-refractivity contribution >= 4 is 19.8 Å². The molecule has 0 aliphatic carbocycles. The van der Waals surface area contributed by atoms with Crippen molar-refractivity contribution in [2.45, 2.75) is 161 Å². The smallest absolute Gasteiger partial charge is 0.462 e. The van der Waals surface area contributed by atoms with Gasteiger partial charge in [-0.3, -0.25) is 14.1 Å². The molecule has 0 rings (SSSR count). The van der Waals surface area contributed by atoms with E-state index in [9.17, 15) is 14.2 Å². The Hall–Kier alpha value is -2.51. The first-order chi connectivity index (χ1) is 24.3. The van der Waals surface area contributed by atoms with Gasteiger partial charge in [-0.1, -0.05) is 132 Å². The van der Waals surface area contributed by atoms with Gasteiger partial charge in [0.25, 0.3) is 0 Å². The number of phosphoric acid groups is 1. The summed E-state index contributed by atoms with van der Waals surface area (Å²) in [6, 6.07) is 0. The standard InChI is InChI=1S/C41H69O8P/c1-3-5-7-9-11-13-15-17-19-20-22-24-26-28-30-32-34-36-41(43)49-39(38-48-50(44,45)46)37-47-40(42)35-33-31-29-27-25-23-21-18-16-14-12-10-8-6-4-2/h11-14,17-19,21-22,24,28,30,39H,3-10,15-16,20,23,25-27,29,31-38H2,1-2H3,(H2,44,45,46)/b13-11+,14-12+,19-17+,21-18+,24-22+,30-28+/t39-/m1/s1. The van der Waals surface area contributed by atoms with E-state index in [1.54, 1.807) is 0 Å². The highest BCUT2D eigenvalue weighted by Gasteiger charge is 2.22. The highest BCUT2D eigenvalue weighted by molar-refractivity contribution is 7.46. The lowest BCUT2D eigenvalue weighted by molar-refractivity contribution is -0.161. The van der Waals surface area contributed by atoms with Crippen LogP contribution in [0.5, 0.6) is 0 Å². The summed E-state index contributed by atoms with van der Waals surface area (Å²) in [7, 11) is -4.77. The first-order valence-corrected chi connectivity index (χ1v) is 20.8. The molecule has 0 heterocycles. The van der Waals surface area contributed by atoms with Crippen LogP contribution >= 0.6 is 7.82 Å². The predicted octanol–water partition coefficient (Wildman–Crippen LogP) is 11.5. The summed E-state index contributed by atoms with van der Waals surface area (Å²) < 4.78 is 26.2. The van der Waals surface area contributed by atoms with Crippen molar-refractivity contribution in [1.29, 1.82) is 0 Å². The third-order valence-corrected chi connectivity index (χ3v) is 8.18. The number of allylic oxidation sites excluding steroid dienone is 12. The van der Waals surface area contributed by atoms with E-state index in [0.29, 0.717) is 19.3 Å². The minimum Gasteiger partial charge on any atom is -0.462 e. The second-order valence-electron chi connectivity index (χ2n) is 12.5. The van der Waals surface area contributed by atoms with Gasteiger partial charge in [0, 0.05) is 12.8 Å². The van der Waals surface area contributed by atoms with Crippen LogP contribution in [0.25, 0.3) is 0 Å². The number of phosphoric ester groups is 1. The normalized spacial score (nSPS) is 13.3. The van der Waals surface area contributed by atoms with Crippen LogP contribution in [0.15, 0.2) is 72.9 Å². The molecule has 0 spiro atoms. The van der Waals surface area contributed by atoms with E-state index in [-0.39, 0.29) is 19.4 Å². The molecule has 0 aromatic heterocycles. The molecular weight excluding hydrogens is 651 g/mol. The summed E-state index contributed by atoms with van der Waals surface area (Å²) >= 11 is 0. The minimum absolute atomic E-state index is 0.129. The maximum atomic E-state index is 12.3. The van der Waals surface area contributed by atoms with E-state index < -0.39 is 32.5 Å². The fourth-order valence-electron chi connectivity index (χ4n) is 4.81. The maximum Gasteiger partial charge on any atom is 0.469 e. The van der Waals surface area contributed by atoms with Crippen molar-refractivity contribution in [1.82, 2.24) is 0 Å². The number of hydrogen-bond donors (Lipinski definition) is 2. The molecule has 9 heteroatoms. The number of carbonyl (C=O) groups is 2. The molecule has 50 heavy (non-hydrogen) atoms. The van der Waals surface area contributed by atoms with E-state index in [1.165, 1.54) is 51.4 Å². The van der Waals surface area contributed by atoms with Gasteiger partial charge in [-0.05, 0) is 83.5 Å². The van der Waals surface area contributed by atoms with Gasteiger partial charge in [0.05, 0.1) is 6.61 Å². The molecule has 0 aliphatic heterocycles. The minimum atomic E-state index is -4.77. The number of carbonyl (C=O) groups excluding carboxylic acids is 2. The topological polar surface area (TPSA) is 119 Å². The molecule has 1 atom stereocenters. The molecule has 0 saturated heterocycles. The van der Waals surface area contributed by atoms with Gasteiger partial charge in [-0.15, -0.1) is 0 Å². The average molecular weight is 721 g/mol. The summed E-state index contributed by atoms with van der Waals surface area (Å²) in [6.07, 6.45) is 46.2. The van der Waals surface area contributed by atoms with Crippen molar-refractivity contribution in [2.75, 3.05) is 13.2 Å². The van der Waals surface area contributed by atoms with Gasteiger partial charge < -0.3 is 19.3 Å². The summed E-state index contributed by atoms with van der Waals surface area (Å²) in [4.78, 5) is 42.7. The van der Waals surface area contributed by atoms with E-state index >= 15 is 0 Å². The first-order valence-electron chi connectivity index (χ1n) is 19.2. The average Bonchev–Trinajstić information content (AvgIpc) is 3.08. The van der Waals surface area contributed by atoms with Crippen molar-refractivity contribution in [3.8, 4) is 0 Å². The van der Waals surface area contributed by atoms with Gasteiger partial charge in [-0.2, -0.15) is 0 Å². The Balaban J connectivity index is 4.11. The quantitative estimate of drug-likeness (QED) is 0.0292. The summed E-state index contributed by atoms with van der Waals surface area (Å²) in [5, 5.41) is 0. The maximum absolute atomic E-state index is 12.3. The van der Waals surface area contributed by atoms with Crippen LogP contribution in [-0.4, -0.2) is 41.0 Å². The molecule has 0 fully saturated rings. The van der Waals surface area contributed by atoms with Crippen LogP contribution in [0.2, 0.25) is 0 Å². The van der Waals surface area contributed by atoms with Crippen molar-refractivity contribution < 1.29 is 37.9 Å². The third-order valence-electron chi connectivity index (χ3n) is 7.70.